The molecule has 9 nitrogen and oxygen atoms in total. The van der Waals surface area contributed by atoms with Crippen molar-refractivity contribution < 1.29 is 19.1 Å². The van der Waals surface area contributed by atoms with Crippen LogP contribution in [0.4, 0.5) is 0 Å². The van der Waals surface area contributed by atoms with Crippen LogP contribution < -0.4 is 4.74 Å². The van der Waals surface area contributed by atoms with Gasteiger partial charge in [-0.05, 0) is 59.2 Å². The van der Waals surface area contributed by atoms with Crippen LogP contribution in [0.15, 0.2) is 91.6 Å². The summed E-state index contributed by atoms with van der Waals surface area (Å²) in [6, 6.07) is 22.2. The molecule has 9 heteroatoms. The van der Waals surface area contributed by atoms with Crippen molar-refractivity contribution in [2.45, 2.75) is 31.7 Å². The Morgan fingerprint density at radius 2 is 1.74 bits per heavy atom. The number of likely N-dealkylation sites (tertiary alicyclic amines) is 1. The van der Waals surface area contributed by atoms with Gasteiger partial charge < -0.3 is 28.8 Å². The molecule has 2 aromatic heterocycles. The van der Waals surface area contributed by atoms with Crippen molar-refractivity contribution in [3.63, 3.8) is 0 Å². The van der Waals surface area contributed by atoms with Crippen molar-refractivity contribution in [1.29, 1.82) is 0 Å². The first-order valence-corrected chi connectivity index (χ1v) is 16.3. The van der Waals surface area contributed by atoms with Crippen LogP contribution in [-0.2, 0) is 16.0 Å². The zero-order chi connectivity index (χ0) is 32.8. The van der Waals surface area contributed by atoms with Gasteiger partial charge in [0.2, 0.25) is 5.91 Å². The van der Waals surface area contributed by atoms with E-state index in [0.717, 1.165) is 71.3 Å². The van der Waals surface area contributed by atoms with E-state index in [1.807, 2.05) is 66.8 Å². The van der Waals surface area contributed by atoms with E-state index in [2.05, 4.69) is 45.0 Å². The molecule has 1 aliphatic heterocycles. The number of H-pyrrole nitrogens is 1. The van der Waals surface area contributed by atoms with E-state index in [9.17, 15) is 9.59 Å². The standard InChI is InChI=1S/C38H43N5O4/c1-41(19-20-46-2)38(45)34-25-43(24-33(34)32-10-6-8-29-7-4-5-9-31(29)32)36(35-23-39-26-40-35)21-28-15-17-42(18-16-28)37(44)22-27-11-13-30(47-3)14-12-27/h4-14,23-26,28,36H,15-22H2,1-3H3,(H,39,40). The number of hydrogen-bond acceptors (Lipinski definition) is 5. The molecule has 1 saturated heterocycles. The van der Waals surface area contributed by atoms with E-state index in [0.29, 0.717) is 31.1 Å². The SMILES string of the molecule is COCCN(C)C(=O)c1cn(C(CC2CCN(C(=O)Cc3ccc(OC)cc3)CC2)c2cnc[nH]2)cc1-c1cccc2ccccc12. The molecule has 0 saturated carbocycles. The topological polar surface area (TPSA) is 92.7 Å². The molecule has 2 amide bonds. The summed E-state index contributed by atoms with van der Waals surface area (Å²) >= 11 is 0. The van der Waals surface area contributed by atoms with Gasteiger partial charge in [-0.1, -0.05) is 54.6 Å². The van der Waals surface area contributed by atoms with Crippen LogP contribution in [0, 0.1) is 5.92 Å². The highest BCUT2D eigenvalue weighted by Crippen LogP contribution is 2.37. The van der Waals surface area contributed by atoms with Crippen LogP contribution in [-0.4, -0.2) is 83.7 Å². The first kappa shape index (κ1) is 32.1. The van der Waals surface area contributed by atoms with Gasteiger partial charge in [-0.25, -0.2) is 4.98 Å². The monoisotopic (exact) mass is 633 g/mol. The molecule has 244 valence electrons. The molecule has 6 rings (SSSR count). The molecular weight excluding hydrogens is 590 g/mol. The lowest BCUT2D eigenvalue weighted by Gasteiger charge is -2.34. The molecular formula is C38H43N5O4. The van der Waals surface area contributed by atoms with Crippen molar-refractivity contribution in [2.75, 3.05) is 47.5 Å². The minimum absolute atomic E-state index is 0.0456. The Labute approximate surface area is 276 Å². The molecule has 0 spiro atoms. The molecule has 1 atom stereocenters. The molecule has 0 aliphatic carbocycles. The number of imidazole rings is 1. The number of benzene rings is 3. The first-order valence-electron chi connectivity index (χ1n) is 16.3. The zero-order valence-corrected chi connectivity index (χ0v) is 27.4. The molecule has 1 fully saturated rings. The number of fused-ring (bicyclic) bond motifs is 1. The van der Waals surface area contributed by atoms with Crippen LogP contribution in [0.2, 0.25) is 0 Å². The number of nitrogens with zero attached hydrogens (tertiary/aromatic N) is 4. The van der Waals surface area contributed by atoms with E-state index in [4.69, 9.17) is 9.47 Å². The normalized spacial score (nSPS) is 14.3. The number of nitrogens with one attached hydrogen (secondary N) is 1. The van der Waals surface area contributed by atoms with E-state index >= 15 is 0 Å². The Hall–Kier alpha value is -4.89. The van der Waals surface area contributed by atoms with E-state index < -0.39 is 0 Å². The lowest BCUT2D eigenvalue weighted by atomic mass is 9.89. The van der Waals surface area contributed by atoms with Gasteiger partial charge in [0, 0.05) is 51.7 Å². The highest BCUT2D eigenvalue weighted by Gasteiger charge is 2.29. The number of rotatable bonds is 12. The number of likely N-dealkylation sites (N-methyl/N-ethyl adjacent to an activating group) is 1. The van der Waals surface area contributed by atoms with Crippen LogP contribution in [0.5, 0.6) is 5.75 Å². The zero-order valence-electron chi connectivity index (χ0n) is 27.4. The molecule has 1 aliphatic rings. The van der Waals surface area contributed by atoms with Gasteiger partial charge in [-0.3, -0.25) is 9.59 Å². The minimum atomic E-state index is -0.0522. The van der Waals surface area contributed by atoms with Gasteiger partial charge >= 0.3 is 0 Å². The molecule has 0 bridgehead atoms. The van der Waals surface area contributed by atoms with Crippen molar-refractivity contribution in [3.05, 3.63) is 108 Å². The molecule has 47 heavy (non-hydrogen) atoms. The Morgan fingerprint density at radius 1 is 0.979 bits per heavy atom. The lowest BCUT2D eigenvalue weighted by molar-refractivity contribution is -0.131. The maximum absolute atomic E-state index is 13.9. The van der Waals surface area contributed by atoms with E-state index in [-0.39, 0.29) is 17.9 Å². The predicted molar refractivity (Wildman–Crippen MR) is 184 cm³/mol. The number of carbonyl (C=O) groups is 2. The van der Waals surface area contributed by atoms with Crippen molar-refractivity contribution in [1.82, 2.24) is 24.3 Å². The summed E-state index contributed by atoms with van der Waals surface area (Å²) in [6.07, 6.45) is 10.8. The van der Waals surface area contributed by atoms with Crippen LogP contribution >= 0.6 is 0 Å². The van der Waals surface area contributed by atoms with Gasteiger partial charge in [0.05, 0.1) is 50.0 Å². The summed E-state index contributed by atoms with van der Waals surface area (Å²) < 4.78 is 12.7. The first-order chi connectivity index (χ1) is 22.9. The van der Waals surface area contributed by atoms with Crippen LogP contribution in [0.3, 0.4) is 0 Å². The second-order valence-corrected chi connectivity index (χ2v) is 12.4. The third-order valence-corrected chi connectivity index (χ3v) is 9.41. The molecule has 1 unspecified atom stereocenters. The Kier molecular flexibility index (Phi) is 10.0. The summed E-state index contributed by atoms with van der Waals surface area (Å²) in [5, 5.41) is 2.23. The minimum Gasteiger partial charge on any atom is -0.497 e. The highest BCUT2D eigenvalue weighted by atomic mass is 16.5. The van der Waals surface area contributed by atoms with Gasteiger partial charge in [0.15, 0.2) is 0 Å². The van der Waals surface area contributed by atoms with E-state index in [1.54, 1.807) is 25.4 Å². The predicted octanol–water partition coefficient (Wildman–Crippen LogP) is 6.22. The number of aromatic amines is 1. The fraction of sp³-hybridized carbons (Fsp3) is 0.342. The van der Waals surface area contributed by atoms with Crippen molar-refractivity contribution >= 4 is 22.6 Å². The molecule has 3 aromatic carbocycles. The average molecular weight is 634 g/mol. The van der Waals surface area contributed by atoms with Crippen LogP contribution in [0.25, 0.3) is 21.9 Å². The lowest BCUT2D eigenvalue weighted by Crippen LogP contribution is -2.39. The highest BCUT2D eigenvalue weighted by molar-refractivity contribution is 6.06. The van der Waals surface area contributed by atoms with Gasteiger partial charge in [-0.15, -0.1) is 0 Å². The third kappa shape index (κ3) is 7.25. The molecule has 0 radical (unpaired) electrons. The maximum Gasteiger partial charge on any atom is 0.255 e. The molecule has 3 heterocycles. The number of amides is 2. The average Bonchev–Trinajstić information content (AvgIpc) is 3.81. The summed E-state index contributed by atoms with van der Waals surface area (Å²) in [7, 11) is 5.11. The second-order valence-electron chi connectivity index (χ2n) is 12.4. The molecule has 1 N–H and O–H groups in total. The Morgan fingerprint density at radius 3 is 2.47 bits per heavy atom. The number of ether oxygens (including phenoxy) is 2. The number of carbonyl (C=O) groups excluding carboxylic acids is 2. The Bertz CT molecular complexity index is 1780. The van der Waals surface area contributed by atoms with Crippen LogP contribution in [0.1, 0.15) is 46.9 Å². The van der Waals surface area contributed by atoms with Gasteiger partial charge in [-0.2, -0.15) is 0 Å². The summed E-state index contributed by atoms with van der Waals surface area (Å²) in [4.78, 5) is 38.5. The second kappa shape index (κ2) is 14.7. The summed E-state index contributed by atoms with van der Waals surface area (Å²) in [5.41, 5.74) is 4.57. The van der Waals surface area contributed by atoms with Gasteiger partial charge in [0.25, 0.3) is 5.91 Å². The number of methoxy groups -OCH3 is 2. The Balaban J connectivity index is 1.25. The van der Waals surface area contributed by atoms with Gasteiger partial charge in [0.1, 0.15) is 5.75 Å². The smallest absolute Gasteiger partial charge is 0.255 e. The molecule has 5 aromatic rings. The summed E-state index contributed by atoms with van der Waals surface area (Å²) in [6.45, 7) is 2.42. The quantitative estimate of drug-likeness (QED) is 0.176. The number of piperidine rings is 1. The number of aromatic nitrogens is 3. The summed E-state index contributed by atoms with van der Waals surface area (Å²) in [5.74, 6) is 1.30. The fourth-order valence-corrected chi connectivity index (χ4v) is 6.66. The number of hydrogen-bond donors (Lipinski definition) is 1. The maximum atomic E-state index is 13.9. The van der Waals surface area contributed by atoms with Crippen molar-refractivity contribution in [2.24, 2.45) is 5.92 Å². The third-order valence-electron chi connectivity index (χ3n) is 9.41. The van der Waals surface area contributed by atoms with E-state index in [1.165, 1.54) is 0 Å². The largest absolute Gasteiger partial charge is 0.497 e. The fourth-order valence-electron chi connectivity index (χ4n) is 6.66. The van der Waals surface area contributed by atoms with Crippen molar-refractivity contribution in [3.8, 4) is 16.9 Å².